The van der Waals surface area contributed by atoms with E-state index in [9.17, 15) is 4.39 Å². The number of nitriles is 1. The summed E-state index contributed by atoms with van der Waals surface area (Å²) in [6.07, 6.45) is 3.19. The number of halogens is 2. The second kappa shape index (κ2) is 5.48. The molecule has 0 aliphatic rings. The fourth-order valence-electron chi connectivity index (χ4n) is 1.50. The maximum atomic E-state index is 13.0. The Morgan fingerprint density at radius 2 is 2.22 bits per heavy atom. The van der Waals surface area contributed by atoms with Crippen LogP contribution in [0.4, 0.5) is 10.1 Å². The molecular formula is C13H9ClFN3. The van der Waals surface area contributed by atoms with E-state index in [1.165, 1.54) is 18.2 Å². The summed E-state index contributed by atoms with van der Waals surface area (Å²) in [7, 11) is 0. The van der Waals surface area contributed by atoms with Crippen LogP contribution < -0.4 is 5.32 Å². The zero-order chi connectivity index (χ0) is 13.0. The van der Waals surface area contributed by atoms with Crippen LogP contribution in [0.5, 0.6) is 0 Å². The van der Waals surface area contributed by atoms with Crippen molar-refractivity contribution in [2.75, 3.05) is 5.32 Å². The van der Waals surface area contributed by atoms with Gasteiger partial charge in [-0.3, -0.25) is 4.98 Å². The second-order valence-electron chi connectivity index (χ2n) is 3.62. The lowest BCUT2D eigenvalue weighted by Crippen LogP contribution is -2.02. The maximum Gasteiger partial charge on any atom is 0.124 e. The zero-order valence-electron chi connectivity index (χ0n) is 9.32. The van der Waals surface area contributed by atoms with Gasteiger partial charge in [0.05, 0.1) is 16.3 Å². The van der Waals surface area contributed by atoms with Crippen LogP contribution in [0, 0.1) is 17.1 Å². The molecule has 0 saturated heterocycles. The third-order valence-electron chi connectivity index (χ3n) is 2.43. The van der Waals surface area contributed by atoms with Crippen LogP contribution in [0.1, 0.15) is 11.1 Å². The third kappa shape index (κ3) is 2.76. The number of anilines is 1. The van der Waals surface area contributed by atoms with E-state index in [0.29, 0.717) is 17.3 Å². The van der Waals surface area contributed by atoms with Crippen molar-refractivity contribution >= 4 is 17.3 Å². The van der Waals surface area contributed by atoms with Crippen LogP contribution in [-0.2, 0) is 6.54 Å². The van der Waals surface area contributed by atoms with Crippen LogP contribution in [0.2, 0.25) is 5.02 Å². The van der Waals surface area contributed by atoms with Crippen molar-refractivity contribution in [3.8, 4) is 6.07 Å². The molecule has 0 radical (unpaired) electrons. The van der Waals surface area contributed by atoms with E-state index in [4.69, 9.17) is 16.9 Å². The minimum Gasteiger partial charge on any atom is -0.380 e. The summed E-state index contributed by atoms with van der Waals surface area (Å²) in [5.74, 6) is -0.431. The van der Waals surface area contributed by atoms with Crippen molar-refractivity contribution < 1.29 is 4.39 Å². The molecule has 0 aliphatic carbocycles. The molecule has 0 spiro atoms. The van der Waals surface area contributed by atoms with Gasteiger partial charge in [-0.1, -0.05) is 11.6 Å². The molecule has 2 rings (SSSR count). The Balaban J connectivity index is 2.16. The van der Waals surface area contributed by atoms with Gasteiger partial charge in [-0.15, -0.1) is 0 Å². The SMILES string of the molecule is N#Cc1cc(F)ccc1NCc1ccncc1Cl. The quantitative estimate of drug-likeness (QED) is 0.922. The van der Waals surface area contributed by atoms with Gasteiger partial charge in [-0.25, -0.2) is 4.39 Å². The van der Waals surface area contributed by atoms with Crippen LogP contribution in [0.15, 0.2) is 36.7 Å². The molecule has 5 heteroatoms. The Labute approximate surface area is 109 Å². The van der Waals surface area contributed by atoms with Crippen molar-refractivity contribution in [3.63, 3.8) is 0 Å². The molecule has 0 saturated carbocycles. The highest BCUT2D eigenvalue weighted by Crippen LogP contribution is 2.19. The molecular weight excluding hydrogens is 253 g/mol. The normalized spacial score (nSPS) is 9.83. The highest BCUT2D eigenvalue weighted by Gasteiger charge is 2.04. The summed E-state index contributed by atoms with van der Waals surface area (Å²) in [6.45, 7) is 0.446. The average molecular weight is 262 g/mol. The second-order valence-corrected chi connectivity index (χ2v) is 4.03. The van der Waals surface area contributed by atoms with Gasteiger partial charge < -0.3 is 5.32 Å². The molecule has 0 fully saturated rings. The Bertz CT molecular complexity index is 607. The molecule has 3 nitrogen and oxygen atoms in total. The van der Waals surface area contributed by atoms with Gasteiger partial charge in [0.1, 0.15) is 11.9 Å². The Morgan fingerprint density at radius 3 is 2.94 bits per heavy atom. The summed E-state index contributed by atoms with van der Waals surface area (Å²) in [5, 5.41) is 12.5. The molecule has 1 N–H and O–H groups in total. The first kappa shape index (κ1) is 12.3. The standard InChI is InChI=1S/C13H9ClFN3/c14-12-8-17-4-3-9(12)7-18-13-2-1-11(15)5-10(13)6-16/h1-5,8,18H,7H2. The minimum atomic E-state index is -0.431. The first-order chi connectivity index (χ1) is 8.70. The third-order valence-corrected chi connectivity index (χ3v) is 2.77. The minimum absolute atomic E-state index is 0.264. The monoisotopic (exact) mass is 261 g/mol. The molecule has 1 heterocycles. The number of hydrogen-bond acceptors (Lipinski definition) is 3. The highest BCUT2D eigenvalue weighted by atomic mass is 35.5. The van der Waals surface area contributed by atoms with Gasteiger partial charge in [-0.2, -0.15) is 5.26 Å². The van der Waals surface area contributed by atoms with Crippen molar-refractivity contribution in [3.05, 3.63) is 58.6 Å². The average Bonchev–Trinajstić information content (AvgIpc) is 2.39. The molecule has 1 aromatic carbocycles. The van der Waals surface area contributed by atoms with Gasteiger partial charge in [0.25, 0.3) is 0 Å². The van der Waals surface area contributed by atoms with Crippen LogP contribution in [-0.4, -0.2) is 4.98 Å². The van der Waals surface area contributed by atoms with E-state index < -0.39 is 5.82 Å². The molecule has 90 valence electrons. The number of rotatable bonds is 3. The first-order valence-corrected chi connectivity index (χ1v) is 5.60. The zero-order valence-corrected chi connectivity index (χ0v) is 10.1. The fraction of sp³-hybridized carbons (Fsp3) is 0.0769. The molecule has 18 heavy (non-hydrogen) atoms. The fourth-order valence-corrected chi connectivity index (χ4v) is 1.69. The Hall–Kier alpha value is -2.12. The highest BCUT2D eigenvalue weighted by molar-refractivity contribution is 6.31. The van der Waals surface area contributed by atoms with E-state index in [2.05, 4.69) is 10.3 Å². The molecule has 0 aliphatic heterocycles. The number of hydrogen-bond donors (Lipinski definition) is 1. The number of nitrogens with one attached hydrogen (secondary N) is 1. The van der Waals surface area contributed by atoms with Crippen LogP contribution >= 0.6 is 11.6 Å². The smallest absolute Gasteiger partial charge is 0.124 e. The van der Waals surface area contributed by atoms with Gasteiger partial charge in [0.2, 0.25) is 0 Å². The van der Waals surface area contributed by atoms with Crippen molar-refractivity contribution in [1.82, 2.24) is 4.98 Å². The molecule has 2 aromatic rings. The lowest BCUT2D eigenvalue weighted by molar-refractivity contribution is 0.627. The molecule has 1 aromatic heterocycles. The molecule has 0 atom stereocenters. The lowest BCUT2D eigenvalue weighted by Gasteiger charge is -2.09. The Morgan fingerprint density at radius 1 is 1.39 bits per heavy atom. The summed E-state index contributed by atoms with van der Waals surface area (Å²) in [4.78, 5) is 3.88. The first-order valence-electron chi connectivity index (χ1n) is 5.22. The number of nitrogens with zero attached hydrogens (tertiary/aromatic N) is 2. The van der Waals surface area contributed by atoms with Gasteiger partial charge in [0.15, 0.2) is 0 Å². The lowest BCUT2D eigenvalue weighted by atomic mass is 10.2. The summed E-state index contributed by atoms with van der Waals surface area (Å²) >= 11 is 5.96. The van der Waals surface area contributed by atoms with E-state index in [-0.39, 0.29) is 5.56 Å². The van der Waals surface area contributed by atoms with E-state index in [0.717, 1.165) is 5.56 Å². The van der Waals surface area contributed by atoms with Gasteiger partial charge in [0, 0.05) is 18.9 Å². The van der Waals surface area contributed by atoms with Crippen molar-refractivity contribution in [2.24, 2.45) is 0 Å². The summed E-state index contributed by atoms with van der Waals surface area (Å²) < 4.78 is 13.0. The number of benzene rings is 1. The summed E-state index contributed by atoms with van der Waals surface area (Å²) in [5.41, 5.74) is 1.70. The Kier molecular flexibility index (Phi) is 3.75. The molecule has 0 amide bonds. The predicted octanol–water partition coefficient (Wildman–Crippen LogP) is 3.36. The molecule has 0 unspecified atom stereocenters. The largest absolute Gasteiger partial charge is 0.380 e. The van der Waals surface area contributed by atoms with Crippen LogP contribution in [0.3, 0.4) is 0 Å². The summed E-state index contributed by atoms with van der Waals surface area (Å²) in [6, 6.07) is 7.75. The van der Waals surface area contributed by atoms with E-state index in [1.807, 2.05) is 6.07 Å². The van der Waals surface area contributed by atoms with Gasteiger partial charge >= 0.3 is 0 Å². The van der Waals surface area contributed by atoms with Gasteiger partial charge in [-0.05, 0) is 29.8 Å². The predicted molar refractivity (Wildman–Crippen MR) is 67.7 cm³/mol. The van der Waals surface area contributed by atoms with E-state index >= 15 is 0 Å². The van der Waals surface area contributed by atoms with Crippen molar-refractivity contribution in [1.29, 1.82) is 5.26 Å². The number of aromatic nitrogens is 1. The maximum absolute atomic E-state index is 13.0. The molecule has 0 bridgehead atoms. The van der Waals surface area contributed by atoms with Crippen LogP contribution in [0.25, 0.3) is 0 Å². The van der Waals surface area contributed by atoms with Crippen molar-refractivity contribution in [2.45, 2.75) is 6.54 Å². The number of pyridine rings is 1. The van der Waals surface area contributed by atoms with E-state index in [1.54, 1.807) is 18.5 Å². The topological polar surface area (TPSA) is 48.7 Å².